The van der Waals surface area contributed by atoms with E-state index in [2.05, 4.69) is 38.0 Å². The molecular weight excluding hydrogens is 336 g/mol. The van der Waals surface area contributed by atoms with E-state index in [0.29, 0.717) is 5.92 Å². The quantitative estimate of drug-likeness (QED) is 0.804. The summed E-state index contributed by atoms with van der Waals surface area (Å²) in [5.41, 5.74) is 1.88. The number of aromatic nitrogens is 1. The molecule has 3 rings (SSSR count). The van der Waals surface area contributed by atoms with Crippen molar-refractivity contribution in [3.8, 4) is 0 Å². The molecule has 5 heteroatoms. The lowest BCUT2D eigenvalue weighted by molar-refractivity contribution is 0.0943. The molecule has 0 atom stereocenters. The summed E-state index contributed by atoms with van der Waals surface area (Å²) in [4.78, 5) is 12.4. The first kappa shape index (κ1) is 13.9. The minimum absolute atomic E-state index is 0.0425. The van der Waals surface area contributed by atoms with Gasteiger partial charge in [0.25, 0.3) is 5.91 Å². The Morgan fingerprint density at radius 2 is 2.35 bits per heavy atom. The third kappa shape index (κ3) is 2.83. The van der Waals surface area contributed by atoms with Crippen molar-refractivity contribution in [1.29, 1.82) is 0 Å². The number of hydrogen-bond donors (Lipinski definition) is 1. The van der Waals surface area contributed by atoms with Gasteiger partial charge in [0.2, 0.25) is 0 Å². The minimum atomic E-state index is 0.0425. The van der Waals surface area contributed by atoms with Gasteiger partial charge >= 0.3 is 0 Å². The fourth-order valence-electron chi connectivity index (χ4n) is 2.26. The first-order valence-corrected chi connectivity index (χ1v) is 8.48. The van der Waals surface area contributed by atoms with Gasteiger partial charge in [0.1, 0.15) is 5.69 Å². The molecule has 0 bridgehead atoms. The van der Waals surface area contributed by atoms with Crippen molar-refractivity contribution in [3.05, 3.63) is 33.8 Å². The summed E-state index contributed by atoms with van der Waals surface area (Å²) in [7, 11) is 0. The molecule has 106 valence electrons. The maximum absolute atomic E-state index is 12.4. The largest absolute Gasteiger partial charge is 0.350 e. The van der Waals surface area contributed by atoms with Crippen LogP contribution >= 0.6 is 27.3 Å². The molecule has 0 radical (unpaired) electrons. The van der Waals surface area contributed by atoms with Crippen molar-refractivity contribution in [2.24, 2.45) is 5.92 Å². The molecule has 0 unspecified atom stereocenters. The number of amides is 1. The highest BCUT2D eigenvalue weighted by molar-refractivity contribution is 9.11. The SMILES string of the molecule is CC=CCn1c(C(=O)NCC2CC2)cc2sc(Br)cc21. The van der Waals surface area contributed by atoms with Crippen LogP contribution < -0.4 is 5.32 Å². The third-order valence-corrected chi connectivity index (χ3v) is 5.14. The summed E-state index contributed by atoms with van der Waals surface area (Å²) < 4.78 is 4.33. The first-order chi connectivity index (χ1) is 9.69. The summed E-state index contributed by atoms with van der Waals surface area (Å²) in [6.45, 7) is 3.54. The van der Waals surface area contributed by atoms with E-state index >= 15 is 0 Å². The number of carbonyl (C=O) groups is 1. The number of allylic oxidation sites excluding steroid dienone is 2. The highest BCUT2D eigenvalue weighted by Crippen LogP contribution is 2.33. The van der Waals surface area contributed by atoms with Gasteiger partial charge in [-0.25, -0.2) is 0 Å². The van der Waals surface area contributed by atoms with E-state index in [1.807, 2.05) is 19.1 Å². The zero-order valence-electron chi connectivity index (χ0n) is 11.4. The fraction of sp³-hybridized carbons (Fsp3) is 0.400. The van der Waals surface area contributed by atoms with Gasteiger partial charge in [-0.1, -0.05) is 12.2 Å². The van der Waals surface area contributed by atoms with Crippen LogP contribution in [0.1, 0.15) is 30.3 Å². The second-order valence-corrected chi connectivity index (χ2v) is 7.63. The number of thiophene rings is 1. The van der Waals surface area contributed by atoms with Crippen molar-refractivity contribution in [2.75, 3.05) is 6.54 Å². The molecule has 1 amide bonds. The van der Waals surface area contributed by atoms with Crippen molar-refractivity contribution in [1.82, 2.24) is 9.88 Å². The number of rotatable bonds is 5. The van der Waals surface area contributed by atoms with Crippen LogP contribution in [0.3, 0.4) is 0 Å². The standard InChI is InChI=1S/C15H17BrN2OS/c1-2-3-6-18-11-8-14(16)20-13(11)7-12(18)15(19)17-9-10-4-5-10/h2-3,7-8,10H,4-6,9H2,1H3,(H,17,19). The third-order valence-electron chi connectivity index (χ3n) is 3.56. The summed E-state index contributed by atoms with van der Waals surface area (Å²) in [5.74, 6) is 0.745. The second kappa shape index (κ2) is 5.74. The van der Waals surface area contributed by atoms with Gasteiger partial charge in [-0.15, -0.1) is 11.3 Å². The number of hydrogen-bond acceptors (Lipinski definition) is 2. The molecule has 1 aliphatic rings. The van der Waals surface area contributed by atoms with Gasteiger partial charge in [0.05, 0.1) is 14.0 Å². The smallest absolute Gasteiger partial charge is 0.267 e. The van der Waals surface area contributed by atoms with Crippen LogP contribution in [0.2, 0.25) is 0 Å². The molecular formula is C15H17BrN2OS. The Morgan fingerprint density at radius 1 is 1.55 bits per heavy atom. The summed E-state index contributed by atoms with van der Waals surface area (Å²) in [6.07, 6.45) is 6.59. The number of carbonyl (C=O) groups excluding carboxylic acids is 1. The predicted octanol–water partition coefficient (Wildman–Crippen LogP) is 4.18. The average Bonchev–Trinajstić information content (AvgIpc) is 3.10. The Labute approximate surface area is 130 Å². The Morgan fingerprint density at radius 3 is 3.05 bits per heavy atom. The Hall–Kier alpha value is -1.07. The van der Waals surface area contributed by atoms with E-state index in [4.69, 9.17) is 0 Å². The van der Waals surface area contributed by atoms with Crippen LogP contribution in [-0.2, 0) is 6.54 Å². The van der Waals surface area contributed by atoms with E-state index in [-0.39, 0.29) is 5.91 Å². The van der Waals surface area contributed by atoms with Crippen LogP contribution in [0.15, 0.2) is 28.1 Å². The average molecular weight is 353 g/mol. The van der Waals surface area contributed by atoms with Gasteiger partial charge in [0.15, 0.2) is 0 Å². The Balaban J connectivity index is 1.90. The number of fused-ring (bicyclic) bond motifs is 1. The van der Waals surface area contributed by atoms with Crippen LogP contribution in [0, 0.1) is 5.92 Å². The highest BCUT2D eigenvalue weighted by Gasteiger charge is 2.23. The van der Waals surface area contributed by atoms with E-state index in [1.54, 1.807) is 11.3 Å². The molecule has 1 fully saturated rings. The lowest BCUT2D eigenvalue weighted by Gasteiger charge is -2.08. The van der Waals surface area contributed by atoms with Gasteiger partial charge in [-0.2, -0.15) is 0 Å². The number of nitrogens with zero attached hydrogens (tertiary/aromatic N) is 1. The van der Waals surface area contributed by atoms with E-state index in [0.717, 1.165) is 32.8 Å². The van der Waals surface area contributed by atoms with Crippen molar-refractivity contribution in [3.63, 3.8) is 0 Å². The minimum Gasteiger partial charge on any atom is -0.350 e. The number of nitrogens with one attached hydrogen (secondary N) is 1. The van der Waals surface area contributed by atoms with Crippen LogP contribution in [0.25, 0.3) is 10.2 Å². The highest BCUT2D eigenvalue weighted by atomic mass is 79.9. The lowest BCUT2D eigenvalue weighted by atomic mass is 10.3. The summed E-state index contributed by atoms with van der Waals surface area (Å²) in [5, 5.41) is 3.05. The molecule has 0 aromatic carbocycles. The monoisotopic (exact) mass is 352 g/mol. The zero-order valence-corrected chi connectivity index (χ0v) is 13.8. The summed E-state index contributed by atoms with van der Waals surface area (Å²) in [6, 6.07) is 4.08. The van der Waals surface area contributed by atoms with Crippen molar-refractivity contribution < 1.29 is 4.79 Å². The second-order valence-electron chi connectivity index (χ2n) is 5.16. The van der Waals surface area contributed by atoms with E-state index in [1.165, 1.54) is 12.8 Å². The molecule has 0 spiro atoms. The fourth-order valence-corrected chi connectivity index (χ4v) is 3.82. The van der Waals surface area contributed by atoms with Crippen molar-refractivity contribution >= 4 is 43.4 Å². The lowest BCUT2D eigenvalue weighted by Crippen LogP contribution is -2.27. The predicted molar refractivity (Wildman–Crippen MR) is 87.4 cm³/mol. The first-order valence-electron chi connectivity index (χ1n) is 6.87. The molecule has 1 saturated carbocycles. The molecule has 1 N–H and O–H groups in total. The van der Waals surface area contributed by atoms with E-state index in [9.17, 15) is 4.79 Å². The summed E-state index contributed by atoms with van der Waals surface area (Å²) >= 11 is 5.18. The van der Waals surface area contributed by atoms with Gasteiger partial charge < -0.3 is 9.88 Å². The van der Waals surface area contributed by atoms with Gasteiger partial charge in [0, 0.05) is 13.1 Å². The topological polar surface area (TPSA) is 34.0 Å². The molecule has 2 heterocycles. The molecule has 20 heavy (non-hydrogen) atoms. The molecule has 2 aromatic heterocycles. The van der Waals surface area contributed by atoms with E-state index < -0.39 is 0 Å². The number of halogens is 1. The van der Waals surface area contributed by atoms with Crippen LogP contribution in [0.4, 0.5) is 0 Å². The van der Waals surface area contributed by atoms with Gasteiger partial charge in [-0.05, 0) is 53.7 Å². The van der Waals surface area contributed by atoms with Crippen LogP contribution in [-0.4, -0.2) is 17.0 Å². The maximum Gasteiger partial charge on any atom is 0.267 e. The Bertz CT molecular complexity index is 667. The van der Waals surface area contributed by atoms with Crippen LogP contribution in [0.5, 0.6) is 0 Å². The maximum atomic E-state index is 12.4. The Kier molecular flexibility index (Phi) is 3.98. The zero-order chi connectivity index (χ0) is 14.1. The normalized spacial score (nSPS) is 15.3. The molecule has 3 nitrogen and oxygen atoms in total. The molecule has 2 aromatic rings. The molecule has 1 aliphatic carbocycles. The molecule has 0 aliphatic heterocycles. The van der Waals surface area contributed by atoms with Crippen molar-refractivity contribution in [2.45, 2.75) is 26.3 Å². The molecule has 0 saturated heterocycles. The van der Waals surface area contributed by atoms with Gasteiger partial charge in [-0.3, -0.25) is 4.79 Å².